The molecule has 0 N–H and O–H groups in total. The maximum absolute atomic E-state index is 5.36. The number of aromatic nitrogens is 2. The lowest BCUT2D eigenvalue weighted by Crippen LogP contribution is -2.18. The van der Waals surface area contributed by atoms with E-state index < -0.39 is 0 Å². The van der Waals surface area contributed by atoms with E-state index in [0.29, 0.717) is 19.0 Å². The molecule has 0 bridgehead atoms. The van der Waals surface area contributed by atoms with Gasteiger partial charge >= 0.3 is 0 Å². The van der Waals surface area contributed by atoms with Gasteiger partial charge in [-0.2, -0.15) is 0 Å². The Morgan fingerprint density at radius 1 is 1.79 bits per heavy atom. The van der Waals surface area contributed by atoms with Crippen LogP contribution in [0.15, 0.2) is 12.8 Å². The van der Waals surface area contributed by atoms with Crippen LogP contribution in [0.4, 0.5) is 0 Å². The quantitative estimate of drug-likeness (QED) is 0.683. The molecule has 2 heterocycles. The van der Waals surface area contributed by atoms with E-state index in [1.807, 2.05) is 6.92 Å². The zero-order valence-electron chi connectivity index (χ0n) is 8.32. The number of imidazole rings is 1. The van der Waals surface area contributed by atoms with Crippen molar-refractivity contribution in [2.75, 3.05) is 13.2 Å². The first-order valence-electron chi connectivity index (χ1n) is 4.77. The number of hydrogen-bond acceptors (Lipinski definition) is 3. The lowest BCUT2D eigenvalue weighted by atomic mass is 10.4. The maximum atomic E-state index is 5.36. The van der Waals surface area contributed by atoms with Crippen LogP contribution in [0, 0.1) is 0 Å². The zero-order chi connectivity index (χ0) is 9.97. The Bertz CT molecular complexity index is 344. The Morgan fingerprint density at radius 3 is 3.43 bits per heavy atom. The Kier molecular flexibility index (Phi) is 2.54. The van der Waals surface area contributed by atoms with Crippen molar-refractivity contribution in [3.05, 3.63) is 24.3 Å². The molecule has 2 rings (SSSR count). The van der Waals surface area contributed by atoms with Gasteiger partial charge in [0.2, 0.25) is 0 Å². The largest absolute Gasteiger partial charge is 0.492 e. The average Bonchev–Trinajstić information content (AvgIpc) is 2.61. The molecule has 0 aliphatic carbocycles. The third-order valence-corrected chi connectivity index (χ3v) is 2.23. The molecule has 0 radical (unpaired) electrons. The van der Waals surface area contributed by atoms with E-state index in [9.17, 15) is 0 Å². The van der Waals surface area contributed by atoms with Crippen molar-refractivity contribution in [1.82, 2.24) is 9.55 Å². The van der Waals surface area contributed by atoms with E-state index in [2.05, 4.69) is 16.1 Å². The lowest BCUT2D eigenvalue weighted by Gasteiger charge is -2.17. The van der Waals surface area contributed by atoms with Gasteiger partial charge < -0.3 is 14.0 Å². The predicted octanol–water partition coefficient (Wildman–Crippen LogP) is 1.42. The van der Waals surface area contributed by atoms with E-state index in [4.69, 9.17) is 9.47 Å². The second-order valence-corrected chi connectivity index (χ2v) is 3.12. The number of fused-ring (bicyclic) bond motifs is 1. The predicted molar refractivity (Wildman–Crippen MR) is 52.5 cm³/mol. The monoisotopic (exact) mass is 194 g/mol. The molecule has 4 heteroatoms. The van der Waals surface area contributed by atoms with Crippen molar-refractivity contribution in [1.29, 1.82) is 0 Å². The summed E-state index contributed by atoms with van der Waals surface area (Å²) in [6, 6.07) is 0. The van der Waals surface area contributed by atoms with Gasteiger partial charge in [-0.05, 0) is 6.92 Å². The molecule has 0 unspecified atom stereocenters. The van der Waals surface area contributed by atoms with E-state index in [-0.39, 0.29) is 0 Å². The van der Waals surface area contributed by atoms with Crippen molar-refractivity contribution < 1.29 is 9.47 Å². The Hall–Kier alpha value is -1.29. The first kappa shape index (κ1) is 9.27. The highest BCUT2D eigenvalue weighted by Gasteiger charge is 2.16. The topological polar surface area (TPSA) is 36.3 Å². The summed E-state index contributed by atoms with van der Waals surface area (Å²) >= 11 is 0. The minimum absolute atomic E-state index is 0.583. The van der Waals surface area contributed by atoms with E-state index in [0.717, 1.165) is 24.7 Å². The van der Waals surface area contributed by atoms with Crippen molar-refractivity contribution >= 4 is 5.76 Å². The molecule has 1 aromatic heterocycles. The van der Waals surface area contributed by atoms with Gasteiger partial charge in [-0.25, -0.2) is 4.98 Å². The van der Waals surface area contributed by atoms with Crippen LogP contribution >= 0.6 is 0 Å². The van der Waals surface area contributed by atoms with Gasteiger partial charge in [0, 0.05) is 6.54 Å². The molecule has 4 nitrogen and oxygen atoms in total. The molecule has 0 saturated carbocycles. The Balaban J connectivity index is 2.25. The van der Waals surface area contributed by atoms with Crippen molar-refractivity contribution in [3.63, 3.8) is 0 Å². The van der Waals surface area contributed by atoms with Crippen LogP contribution in [0.25, 0.3) is 5.76 Å². The first-order chi connectivity index (χ1) is 6.83. The van der Waals surface area contributed by atoms with E-state index in [1.165, 1.54) is 0 Å². The highest BCUT2D eigenvalue weighted by atomic mass is 16.5. The Morgan fingerprint density at radius 2 is 2.64 bits per heavy atom. The van der Waals surface area contributed by atoms with Gasteiger partial charge in [0.15, 0.2) is 0 Å². The normalized spacial score (nSPS) is 14.9. The third-order valence-electron chi connectivity index (χ3n) is 2.23. The lowest BCUT2D eigenvalue weighted by molar-refractivity contribution is 0.0809. The minimum atomic E-state index is 0.583. The molecule has 76 valence electrons. The second kappa shape index (κ2) is 3.84. The van der Waals surface area contributed by atoms with Crippen LogP contribution < -0.4 is 0 Å². The first-order valence-corrected chi connectivity index (χ1v) is 4.77. The fraction of sp³-hybridized carbons (Fsp3) is 0.500. The van der Waals surface area contributed by atoms with Crippen LogP contribution in [-0.2, 0) is 22.6 Å². The van der Waals surface area contributed by atoms with Gasteiger partial charge in [-0.15, -0.1) is 0 Å². The van der Waals surface area contributed by atoms with E-state index in [1.54, 1.807) is 6.20 Å². The fourth-order valence-electron chi connectivity index (χ4n) is 1.57. The number of hydrogen-bond donors (Lipinski definition) is 0. The summed E-state index contributed by atoms with van der Waals surface area (Å²) in [5.74, 6) is 1.64. The summed E-state index contributed by atoms with van der Waals surface area (Å²) < 4.78 is 12.8. The standard InChI is InChI=1S/C10H14N2O2/c1-3-14-8(2)9-6-11-10-7-13-5-4-12(9)10/h6H,2-5,7H2,1H3. The summed E-state index contributed by atoms with van der Waals surface area (Å²) in [6.45, 7) is 8.60. The fourth-order valence-corrected chi connectivity index (χ4v) is 1.57. The number of ether oxygens (including phenoxy) is 2. The van der Waals surface area contributed by atoms with Gasteiger partial charge in [-0.1, -0.05) is 6.58 Å². The molecular weight excluding hydrogens is 180 g/mol. The molecule has 0 aromatic carbocycles. The third kappa shape index (κ3) is 1.53. The highest BCUT2D eigenvalue weighted by Crippen LogP contribution is 2.18. The average molecular weight is 194 g/mol. The Labute approximate surface area is 83.2 Å². The van der Waals surface area contributed by atoms with Crippen LogP contribution in [0.2, 0.25) is 0 Å². The highest BCUT2D eigenvalue weighted by molar-refractivity contribution is 5.53. The number of nitrogens with zero attached hydrogens (tertiary/aromatic N) is 2. The molecule has 0 atom stereocenters. The van der Waals surface area contributed by atoms with Crippen molar-refractivity contribution in [3.8, 4) is 0 Å². The van der Waals surface area contributed by atoms with Crippen LogP contribution in [0.3, 0.4) is 0 Å². The van der Waals surface area contributed by atoms with E-state index >= 15 is 0 Å². The summed E-state index contributed by atoms with van der Waals surface area (Å²) in [7, 11) is 0. The molecule has 14 heavy (non-hydrogen) atoms. The molecule has 0 amide bonds. The zero-order valence-corrected chi connectivity index (χ0v) is 8.32. The van der Waals surface area contributed by atoms with Gasteiger partial charge in [0.1, 0.15) is 23.9 Å². The van der Waals surface area contributed by atoms with Crippen LogP contribution in [0.5, 0.6) is 0 Å². The van der Waals surface area contributed by atoms with Crippen molar-refractivity contribution in [2.24, 2.45) is 0 Å². The maximum Gasteiger partial charge on any atom is 0.137 e. The van der Waals surface area contributed by atoms with Gasteiger partial charge in [0.05, 0.1) is 19.4 Å². The van der Waals surface area contributed by atoms with Gasteiger partial charge in [0.25, 0.3) is 0 Å². The summed E-state index contributed by atoms with van der Waals surface area (Å²) in [5.41, 5.74) is 0.963. The summed E-state index contributed by atoms with van der Waals surface area (Å²) in [4.78, 5) is 4.26. The van der Waals surface area contributed by atoms with Gasteiger partial charge in [-0.3, -0.25) is 0 Å². The molecule has 0 fully saturated rings. The molecule has 0 saturated heterocycles. The summed E-state index contributed by atoms with van der Waals surface area (Å²) in [6.07, 6.45) is 1.79. The van der Waals surface area contributed by atoms with Crippen LogP contribution in [0.1, 0.15) is 18.4 Å². The molecular formula is C10H14N2O2. The SMILES string of the molecule is C=C(OCC)c1cnc2n1CCOC2. The van der Waals surface area contributed by atoms with Crippen molar-refractivity contribution in [2.45, 2.75) is 20.1 Å². The smallest absolute Gasteiger partial charge is 0.137 e. The second-order valence-electron chi connectivity index (χ2n) is 3.12. The minimum Gasteiger partial charge on any atom is -0.492 e. The molecule has 1 aliphatic heterocycles. The molecule has 1 aliphatic rings. The number of rotatable bonds is 3. The molecule has 0 spiro atoms. The molecule has 1 aromatic rings. The van der Waals surface area contributed by atoms with Crippen LogP contribution in [-0.4, -0.2) is 22.8 Å². The summed E-state index contributed by atoms with van der Waals surface area (Å²) in [5, 5.41) is 0.